The molecule has 2 aromatic rings. The highest BCUT2D eigenvalue weighted by Crippen LogP contribution is 2.21. The van der Waals surface area contributed by atoms with Gasteiger partial charge in [0, 0.05) is 62.4 Å². The van der Waals surface area contributed by atoms with E-state index in [-0.39, 0.29) is 11.9 Å². The van der Waals surface area contributed by atoms with Crippen LogP contribution in [-0.2, 0) is 11.2 Å². The van der Waals surface area contributed by atoms with Crippen molar-refractivity contribution in [1.29, 1.82) is 0 Å². The Labute approximate surface area is 179 Å². The first-order chi connectivity index (χ1) is 14.5. The van der Waals surface area contributed by atoms with Crippen LogP contribution in [-0.4, -0.2) is 78.5 Å². The molecular formula is C23H36N6O. The molecule has 3 N–H and O–H groups in total. The number of hydrogen-bond donors (Lipinski definition) is 3. The Hall–Kier alpha value is -2.54. The molecule has 1 fully saturated rings. The second-order valence-corrected chi connectivity index (χ2v) is 8.28. The Bertz CT molecular complexity index is 864. The van der Waals surface area contributed by atoms with Crippen LogP contribution in [0.5, 0.6) is 0 Å². The topological polar surface area (TPSA) is 75.8 Å². The minimum Gasteiger partial charge on any atom is -0.361 e. The number of guanidine groups is 1. The number of benzene rings is 1. The van der Waals surface area contributed by atoms with Gasteiger partial charge < -0.3 is 20.5 Å². The molecule has 0 aliphatic carbocycles. The standard InChI is InChI=1S/C23H36N6O/c1-5-24-23(29-13-11-28(12-14-29)16-21(30)27-17(2)3)25-10-9-19-15-26-22-18(4)7-6-8-20(19)22/h6-8,15,17,26H,5,9-14,16H2,1-4H3,(H,24,25)(H,27,30). The summed E-state index contributed by atoms with van der Waals surface area (Å²) >= 11 is 0. The molecule has 0 bridgehead atoms. The zero-order valence-corrected chi connectivity index (χ0v) is 18.8. The molecule has 7 heteroatoms. The number of fused-ring (bicyclic) bond motifs is 1. The van der Waals surface area contributed by atoms with Crippen molar-refractivity contribution < 1.29 is 4.79 Å². The molecule has 1 saturated heterocycles. The van der Waals surface area contributed by atoms with Gasteiger partial charge in [-0.1, -0.05) is 18.2 Å². The number of aromatic nitrogens is 1. The van der Waals surface area contributed by atoms with Crippen LogP contribution >= 0.6 is 0 Å². The third-order valence-corrected chi connectivity index (χ3v) is 5.48. The number of H-pyrrole nitrogens is 1. The van der Waals surface area contributed by atoms with Crippen molar-refractivity contribution in [3.05, 3.63) is 35.5 Å². The Morgan fingerprint density at radius 3 is 2.70 bits per heavy atom. The van der Waals surface area contributed by atoms with Crippen LogP contribution in [0.4, 0.5) is 0 Å². The number of nitrogens with zero attached hydrogens (tertiary/aromatic N) is 3. The van der Waals surface area contributed by atoms with Crippen LogP contribution in [0, 0.1) is 6.92 Å². The van der Waals surface area contributed by atoms with Gasteiger partial charge in [-0.15, -0.1) is 0 Å². The van der Waals surface area contributed by atoms with E-state index in [1.54, 1.807) is 0 Å². The van der Waals surface area contributed by atoms with Crippen molar-refractivity contribution >= 4 is 22.8 Å². The summed E-state index contributed by atoms with van der Waals surface area (Å²) in [7, 11) is 0. The number of carbonyl (C=O) groups is 1. The molecule has 1 amide bonds. The van der Waals surface area contributed by atoms with Crippen LogP contribution in [0.3, 0.4) is 0 Å². The summed E-state index contributed by atoms with van der Waals surface area (Å²) in [5.41, 5.74) is 3.81. The summed E-state index contributed by atoms with van der Waals surface area (Å²) in [6.45, 7) is 13.8. The Morgan fingerprint density at radius 1 is 1.23 bits per heavy atom. The lowest BCUT2D eigenvalue weighted by molar-refractivity contribution is -0.123. The number of carbonyl (C=O) groups excluding carboxylic acids is 1. The lowest BCUT2D eigenvalue weighted by atomic mass is 10.1. The second-order valence-electron chi connectivity index (χ2n) is 8.28. The maximum absolute atomic E-state index is 12.0. The van der Waals surface area contributed by atoms with E-state index < -0.39 is 0 Å². The molecular weight excluding hydrogens is 376 g/mol. The highest BCUT2D eigenvalue weighted by Gasteiger charge is 2.21. The Morgan fingerprint density at radius 2 is 2.00 bits per heavy atom. The fourth-order valence-electron chi connectivity index (χ4n) is 3.97. The minimum absolute atomic E-state index is 0.105. The van der Waals surface area contributed by atoms with Crippen LogP contribution in [0.15, 0.2) is 29.4 Å². The average Bonchev–Trinajstić information content (AvgIpc) is 3.12. The molecule has 0 spiro atoms. The lowest BCUT2D eigenvalue weighted by Crippen LogP contribution is -2.54. The van der Waals surface area contributed by atoms with Crippen molar-refractivity contribution in [2.45, 2.75) is 40.2 Å². The zero-order chi connectivity index (χ0) is 21.5. The molecule has 1 aliphatic heterocycles. The van der Waals surface area contributed by atoms with Crippen molar-refractivity contribution in [3.63, 3.8) is 0 Å². The SMILES string of the molecule is CCNC(=NCCc1c[nH]c2c(C)cccc12)N1CCN(CC(=O)NC(C)C)CC1. The maximum Gasteiger partial charge on any atom is 0.234 e. The van der Waals surface area contributed by atoms with Crippen molar-refractivity contribution in [2.75, 3.05) is 45.8 Å². The molecule has 1 aliphatic rings. The first-order valence-electron chi connectivity index (χ1n) is 11.1. The van der Waals surface area contributed by atoms with Gasteiger partial charge in [-0.25, -0.2) is 0 Å². The molecule has 1 aromatic carbocycles. The minimum atomic E-state index is 0.105. The van der Waals surface area contributed by atoms with Crippen LogP contribution in [0.2, 0.25) is 0 Å². The molecule has 0 unspecified atom stereocenters. The Balaban J connectivity index is 1.54. The van der Waals surface area contributed by atoms with Crippen LogP contribution < -0.4 is 10.6 Å². The van der Waals surface area contributed by atoms with E-state index in [1.165, 1.54) is 22.0 Å². The maximum atomic E-state index is 12.0. The van der Waals surface area contributed by atoms with Gasteiger partial charge in [0.1, 0.15) is 0 Å². The first kappa shape index (κ1) is 22.2. The van der Waals surface area contributed by atoms with Gasteiger partial charge in [-0.3, -0.25) is 14.7 Å². The first-order valence-corrected chi connectivity index (χ1v) is 11.1. The molecule has 1 aromatic heterocycles. The molecule has 0 atom stereocenters. The van der Waals surface area contributed by atoms with Crippen molar-refractivity contribution in [1.82, 2.24) is 25.4 Å². The number of amides is 1. The molecule has 0 radical (unpaired) electrons. The number of nitrogens with one attached hydrogen (secondary N) is 3. The number of aryl methyl sites for hydroxylation is 1. The van der Waals surface area contributed by atoms with E-state index in [0.29, 0.717) is 6.54 Å². The third kappa shape index (κ3) is 5.75. The van der Waals surface area contributed by atoms with Gasteiger partial charge in [0.15, 0.2) is 5.96 Å². The lowest BCUT2D eigenvalue weighted by Gasteiger charge is -2.36. The third-order valence-electron chi connectivity index (χ3n) is 5.48. The summed E-state index contributed by atoms with van der Waals surface area (Å²) in [5, 5.41) is 7.69. The van der Waals surface area contributed by atoms with Gasteiger partial charge in [0.05, 0.1) is 6.54 Å². The van der Waals surface area contributed by atoms with Gasteiger partial charge in [-0.2, -0.15) is 0 Å². The van der Waals surface area contributed by atoms with E-state index in [4.69, 9.17) is 4.99 Å². The molecule has 7 nitrogen and oxygen atoms in total. The largest absolute Gasteiger partial charge is 0.361 e. The highest BCUT2D eigenvalue weighted by atomic mass is 16.2. The zero-order valence-electron chi connectivity index (χ0n) is 18.8. The fourth-order valence-corrected chi connectivity index (χ4v) is 3.97. The Kier molecular flexibility index (Phi) is 7.74. The van der Waals surface area contributed by atoms with Crippen LogP contribution in [0.25, 0.3) is 10.9 Å². The number of piperazine rings is 1. The second kappa shape index (κ2) is 10.5. The summed E-state index contributed by atoms with van der Waals surface area (Å²) in [6.07, 6.45) is 3.02. The van der Waals surface area contributed by atoms with Crippen molar-refractivity contribution in [2.24, 2.45) is 4.99 Å². The molecule has 2 heterocycles. The molecule has 30 heavy (non-hydrogen) atoms. The van der Waals surface area contributed by atoms with E-state index in [1.807, 2.05) is 13.8 Å². The highest BCUT2D eigenvalue weighted by molar-refractivity contribution is 5.86. The number of aliphatic imine (C=N–C) groups is 1. The van der Waals surface area contributed by atoms with Gasteiger partial charge in [-0.05, 0) is 45.2 Å². The van der Waals surface area contributed by atoms with Gasteiger partial charge >= 0.3 is 0 Å². The van der Waals surface area contributed by atoms with Crippen molar-refractivity contribution in [3.8, 4) is 0 Å². The molecule has 3 rings (SSSR count). The number of hydrogen-bond acceptors (Lipinski definition) is 3. The summed E-state index contributed by atoms with van der Waals surface area (Å²) in [5.74, 6) is 1.08. The van der Waals surface area contributed by atoms with E-state index in [2.05, 4.69) is 63.7 Å². The molecule has 164 valence electrons. The van der Waals surface area contributed by atoms with E-state index >= 15 is 0 Å². The molecule has 0 saturated carbocycles. The van der Waals surface area contributed by atoms with E-state index in [0.717, 1.165) is 51.6 Å². The number of rotatable bonds is 7. The van der Waals surface area contributed by atoms with Gasteiger partial charge in [0.2, 0.25) is 5.91 Å². The predicted octanol–water partition coefficient (Wildman–Crippen LogP) is 2.13. The summed E-state index contributed by atoms with van der Waals surface area (Å²) < 4.78 is 0. The quantitative estimate of drug-likeness (QED) is 0.481. The average molecular weight is 413 g/mol. The predicted molar refractivity (Wildman–Crippen MR) is 124 cm³/mol. The normalized spacial score (nSPS) is 15.8. The van der Waals surface area contributed by atoms with Crippen LogP contribution in [0.1, 0.15) is 31.9 Å². The van der Waals surface area contributed by atoms with Gasteiger partial charge in [0.25, 0.3) is 0 Å². The fraction of sp³-hybridized carbons (Fsp3) is 0.565. The summed E-state index contributed by atoms with van der Waals surface area (Å²) in [6, 6.07) is 6.62. The number of para-hydroxylation sites is 1. The summed E-state index contributed by atoms with van der Waals surface area (Å²) in [4.78, 5) is 24.8. The van der Waals surface area contributed by atoms with E-state index in [9.17, 15) is 4.79 Å². The monoisotopic (exact) mass is 412 g/mol. The smallest absolute Gasteiger partial charge is 0.234 e. The number of aromatic amines is 1.